The van der Waals surface area contributed by atoms with E-state index in [2.05, 4.69) is 4.98 Å². The zero-order chi connectivity index (χ0) is 14.1. The first-order chi connectivity index (χ1) is 9.68. The molecule has 0 unspecified atom stereocenters. The van der Waals surface area contributed by atoms with Gasteiger partial charge in [0.2, 0.25) is 0 Å². The smallest absolute Gasteiger partial charge is 0.339 e. The summed E-state index contributed by atoms with van der Waals surface area (Å²) in [5.41, 5.74) is 1.44. The third kappa shape index (κ3) is 1.91. The van der Waals surface area contributed by atoms with Gasteiger partial charge in [-0.1, -0.05) is 30.3 Å². The van der Waals surface area contributed by atoms with Crippen LogP contribution in [0.15, 0.2) is 54.7 Å². The predicted molar refractivity (Wildman–Crippen MR) is 74.1 cm³/mol. The summed E-state index contributed by atoms with van der Waals surface area (Å²) >= 11 is 0. The Bertz CT molecular complexity index is 809. The fraction of sp³-hybridized carbons (Fsp3) is 0. The maximum atomic E-state index is 13.8. The standard InChI is InChI=1S/C16H10FNO2/c17-13-7-1-5-12(15(13)16(19)20)10-4-2-8-14-11(10)6-3-9-18-14/h1-9H,(H,19,20). The van der Waals surface area contributed by atoms with Crippen LogP contribution in [0.3, 0.4) is 0 Å². The molecule has 0 fully saturated rings. The zero-order valence-electron chi connectivity index (χ0n) is 10.4. The molecule has 98 valence electrons. The fourth-order valence-corrected chi connectivity index (χ4v) is 2.30. The van der Waals surface area contributed by atoms with Crippen LogP contribution in [0.2, 0.25) is 0 Å². The van der Waals surface area contributed by atoms with E-state index in [1.54, 1.807) is 30.5 Å². The Morgan fingerprint density at radius 2 is 1.75 bits per heavy atom. The van der Waals surface area contributed by atoms with Crippen molar-refractivity contribution >= 4 is 16.9 Å². The highest BCUT2D eigenvalue weighted by molar-refractivity contribution is 6.02. The molecule has 0 saturated heterocycles. The van der Waals surface area contributed by atoms with Gasteiger partial charge >= 0.3 is 5.97 Å². The molecule has 0 saturated carbocycles. The molecule has 4 heteroatoms. The molecule has 0 aliphatic heterocycles. The minimum atomic E-state index is -1.28. The van der Waals surface area contributed by atoms with Crippen molar-refractivity contribution in [2.75, 3.05) is 0 Å². The van der Waals surface area contributed by atoms with E-state index in [9.17, 15) is 14.3 Å². The Morgan fingerprint density at radius 3 is 2.55 bits per heavy atom. The second-order valence-electron chi connectivity index (χ2n) is 4.34. The third-order valence-corrected chi connectivity index (χ3v) is 3.16. The lowest BCUT2D eigenvalue weighted by molar-refractivity contribution is 0.0693. The number of benzene rings is 2. The number of rotatable bonds is 2. The van der Waals surface area contributed by atoms with Gasteiger partial charge in [-0.05, 0) is 29.3 Å². The van der Waals surface area contributed by atoms with E-state index < -0.39 is 11.8 Å². The second kappa shape index (κ2) is 4.74. The minimum absolute atomic E-state index is 0.316. The van der Waals surface area contributed by atoms with Gasteiger partial charge in [-0.25, -0.2) is 9.18 Å². The van der Waals surface area contributed by atoms with Crippen LogP contribution in [0.4, 0.5) is 4.39 Å². The highest BCUT2D eigenvalue weighted by Gasteiger charge is 2.18. The van der Waals surface area contributed by atoms with Crippen molar-refractivity contribution in [1.82, 2.24) is 4.98 Å². The number of hydrogen-bond acceptors (Lipinski definition) is 2. The van der Waals surface area contributed by atoms with Crippen molar-refractivity contribution < 1.29 is 14.3 Å². The van der Waals surface area contributed by atoms with Crippen molar-refractivity contribution in [1.29, 1.82) is 0 Å². The number of pyridine rings is 1. The van der Waals surface area contributed by atoms with E-state index in [0.717, 1.165) is 17.0 Å². The van der Waals surface area contributed by atoms with Gasteiger partial charge in [0.15, 0.2) is 0 Å². The number of aromatic carboxylic acids is 1. The molecule has 0 radical (unpaired) electrons. The molecule has 0 spiro atoms. The van der Waals surface area contributed by atoms with Gasteiger partial charge in [0.05, 0.1) is 5.52 Å². The van der Waals surface area contributed by atoms with Crippen molar-refractivity contribution in [3.8, 4) is 11.1 Å². The second-order valence-corrected chi connectivity index (χ2v) is 4.34. The molecule has 0 amide bonds. The van der Waals surface area contributed by atoms with Crippen LogP contribution in [0.5, 0.6) is 0 Å². The highest BCUT2D eigenvalue weighted by atomic mass is 19.1. The summed E-state index contributed by atoms with van der Waals surface area (Å²) in [6.45, 7) is 0. The number of hydrogen-bond donors (Lipinski definition) is 1. The molecule has 0 atom stereocenters. The Morgan fingerprint density at radius 1 is 1.00 bits per heavy atom. The molecule has 0 bridgehead atoms. The first-order valence-electron chi connectivity index (χ1n) is 6.04. The molecule has 2 aromatic carbocycles. The molecular weight excluding hydrogens is 257 g/mol. The minimum Gasteiger partial charge on any atom is -0.478 e. The van der Waals surface area contributed by atoms with Crippen LogP contribution in [0, 0.1) is 5.82 Å². The Labute approximate surface area is 114 Å². The van der Waals surface area contributed by atoms with Gasteiger partial charge in [0.1, 0.15) is 11.4 Å². The molecular formula is C16H10FNO2. The maximum absolute atomic E-state index is 13.8. The molecule has 1 N–H and O–H groups in total. The summed E-state index contributed by atoms with van der Waals surface area (Å²) in [5, 5.41) is 10.0. The Kier molecular flexibility index (Phi) is 2.91. The number of nitrogens with zero attached hydrogens (tertiary/aromatic N) is 1. The number of carboxylic acid groups (broad SMARTS) is 1. The van der Waals surface area contributed by atoms with E-state index >= 15 is 0 Å². The van der Waals surface area contributed by atoms with Crippen LogP contribution in [0.25, 0.3) is 22.0 Å². The predicted octanol–water partition coefficient (Wildman–Crippen LogP) is 3.74. The first kappa shape index (κ1) is 12.3. The van der Waals surface area contributed by atoms with Crippen LogP contribution in [0.1, 0.15) is 10.4 Å². The number of aromatic nitrogens is 1. The van der Waals surface area contributed by atoms with Crippen LogP contribution < -0.4 is 0 Å². The van der Waals surface area contributed by atoms with Crippen LogP contribution in [-0.4, -0.2) is 16.1 Å². The van der Waals surface area contributed by atoms with Crippen molar-refractivity contribution in [3.63, 3.8) is 0 Å². The summed E-state index contributed by atoms with van der Waals surface area (Å²) in [5.74, 6) is -2.02. The van der Waals surface area contributed by atoms with Gasteiger partial charge in [-0.3, -0.25) is 4.98 Å². The first-order valence-corrected chi connectivity index (χ1v) is 6.04. The zero-order valence-corrected chi connectivity index (χ0v) is 10.4. The quantitative estimate of drug-likeness (QED) is 0.769. The van der Waals surface area contributed by atoms with Gasteiger partial charge in [0, 0.05) is 11.6 Å². The molecule has 3 nitrogen and oxygen atoms in total. The number of carbonyl (C=O) groups is 1. The lowest BCUT2D eigenvalue weighted by Gasteiger charge is -2.10. The summed E-state index contributed by atoms with van der Waals surface area (Å²) in [6, 6.07) is 13.3. The van der Waals surface area contributed by atoms with E-state index in [0.29, 0.717) is 11.1 Å². The number of carboxylic acids is 1. The lowest BCUT2D eigenvalue weighted by atomic mass is 9.96. The van der Waals surface area contributed by atoms with E-state index in [4.69, 9.17) is 0 Å². The van der Waals surface area contributed by atoms with E-state index in [1.807, 2.05) is 12.1 Å². The van der Waals surface area contributed by atoms with Gasteiger partial charge in [0.25, 0.3) is 0 Å². The van der Waals surface area contributed by atoms with Gasteiger partial charge in [-0.2, -0.15) is 0 Å². The van der Waals surface area contributed by atoms with Crippen molar-refractivity contribution in [3.05, 3.63) is 66.1 Å². The topological polar surface area (TPSA) is 50.2 Å². The average molecular weight is 267 g/mol. The van der Waals surface area contributed by atoms with Crippen LogP contribution in [-0.2, 0) is 0 Å². The van der Waals surface area contributed by atoms with Gasteiger partial charge in [-0.15, -0.1) is 0 Å². The summed E-state index contributed by atoms with van der Waals surface area (Å²) < 4.78 is 13.8. The summed E-state index contributed by atoms with van der Waals surface area (Å²) in [7, 11) is 0. The Balaban J connectivity index is 2.37. The molecule has 1 heterocycles. The molecule has 0 aliphatic rings. The Hall–Kier alpha value is -2.75. The maximum Gasteiger partial charge on any atom is 0.339 e. The lowest BCUT2D eigenvalue weighted by Crippen LogP contribution is -2.03. The van der Waals surface area contributed by atoms with E-state index in [1.165, 1.54) is 6.07 Å². The largest absolute Gasteiger partial charge is 0.478 e. The van der Waals surface area contributed by atoms with Crippen LogP contribution >= 0.6 is 0 Å². The van der Waals surface area contributed by atoms with Gasteiger partial charge < -0.3 is 5.11 Å². The summed E-state index contributed by atoms with van der Waals surface area (Å²) in [4.78, 5) is 15.5. The molecule has 20 heavy (non-hydrogen) atoms. The monoisotopic (exact) mass is 267 g/mol. The third-order valence-electron chi connectivity index (χ3n) is 3.16. The fourth-order valence-electron chi connectivity index (χ4n) is 2.30. The molecule has 0 aliphatic carbocycles. The average Bonchev–Trinajstić information content (AvgIpc) is 2.46. The molecule has 3 aromatic rings. The number of fused-ring (bicyclic) bond motifs is 1. The van der Waals surface area contributed by atoms with E-state index in [-0.39, 0.29) is 5.56 Å². The van der Waals surface area contributed by atoms with Crippen molar-refractivity contribution in [2.24, 2.45) is 0 Å². The molecule has 3 rings (SSSR count). The SMILES string of the molecule is O=C(O)c1c(F)cccc1-c1cccc2ncccc12. The summed E-state index contributed by atoms with van der Waals surface area (Å²) in [6.07, 6.45) is 1.66. The highest BCUT2D eigenvalue weighted by Crippen LogP contribution is 2.31. The number of halogens is 1. The molecule has 1 aromatic heterocycles. The normalized spacial score (nSPS) is 10.7. The van der Waals surface area contributed by atoms with Crippen molar-refractivity contribution in [2.45, 2.75) is 0 Å².